The maximum atomic E-state index is 6.15. The molecule has 0 bridgehead atoms. The van der Waals surface area contributed by atoms with Gasteiger partial charge in [-0.05, 0) is 52.0 Å². The monoisotopic (exact) mass is 522 g/mol. The summed E-state index contributed by atoms with van der Waals surface area (Å²) < 4.78 is 11.9. The largest absolute Gasteiger partial charge is 0.376 e. The van der Waals surface area contributed by atoms with Crippen LogP contribution in [0.4, 0.5) is 0 Å². The molecule has 1 atom stereocenters. The van der Waals surface area contributed by atoms with Gasteiger partial charge in [0.15, 0.2) is 5.96 Å². The van der Waals surface area contributed by atoms with E-state index in [2.05, 4.69) is 27.2 Å². The van der Waals surface area contributed by atoms with Crippen LogP contribution in [0.3, 0.4) is 0 Å². The summed E-state index contributed by atoms with van der Waals surface area (Å²) >= 11 is 0. The third-order valence-electron chi connectivity index (χ3n) is 6.69. The fraction of sp³-hybridized carbons (Fsp3) is 0.955. The van der Waals surface area contributed by atoms with Crippen LogP contribution in [0.2, 0.25) is 0 Å². The second kappa shape index (κ2) is 14.0. The normalized spacial score (nSPS) is 25.1. The average molecular weight is 523 g/mol. The second-order valence-electron chi connectivity index (χ2n) is 8.75. The first-order valence-electron chi connectivity index (χ1n) is 11.7. The van der Waals surface area contributed by atoms with Gasteiger partial charge in [0.1, 0.15) is 0 Å². The molecule has 1 N–H and O–H groups in total. The van der Waals surface area contributed by atoms with Gasteiger partial charge in [-0.2, -0.15) is 0 Å². The van der Waals surface area contributed by atoms with E-state index in [4.69, 9.17) is 9.47 Å². The zero-order valence-electron chi connectivity index (χ0n) is 18.6. The number of rotatable bonds is 7. The van der Waals surface area contributed by atoms with E-state index in [1.165, 1.54) is 44.9 Å². The molecular weight excluding hydrogens is 479 g/mol. The van der Waals surface area contributed by atoms with Crippen LogP contribution in [0, 0.1) is 0 Å². The Bertz CT molecular complexity index is 460. The number of hydrogen-bond acceptors (Lipinski definition) is 4. The molecule has 2 aliphatic heterocycles. The Morgan fingerprint density at radius 2 is 1.79 bits per heavy atom. The Balaban J connectivity index is 0.00000300. The molecule has 170 valence electrons. The van der Waals surface area contributed by atoms with Gasteiger partial charge in [-0.1, -0.05) is 19.3 Å². The summed E-state index contributed by atoms with van der Waals surface area (Å²) in [6.07, 6.45) is 13.4. The van der Waals surface area contributed by atoms with E-state index in [1.807, 2.05) is 7.05 Å². The summed E-state index contributed by atoms with van der Waals surface area (Å²) in [5.74, 6) is 1.05. The fourth-order valence-corrected chi connectivity index (χ4v) is 4.80. The summed E-state index contributed by atoms with van der Waals surface area (Å²) in [4.78, 5) is 9.44. The van der Waals surface area contributed by atoms with Crippen molar-refractivity contribution in [3.63, 3.8) is 0 Å². The molecule has 0 aromatic heterocycles. The quantitative estimate of drug-likeness (QED) is 0.315. The van der Waals surface area contributed by atoms with Gasteiger partial charge in [0.05, 0.1) is 18.8 Å². The molecule has 0 aromatic carbocycles. The molecule has 0 aromatic rings. The van der Waals surface area contributed by atoms with Crippen LogP contribution in [0.5, 0.6) is 0 Å². The number of piperidine rings is 1. The van der Waals surface area contributed by atoms with Crippen LogP contribution in [0.1, 0.15) is 64.2 Å². The van der Waals surface area contributed by atoms with Crippen LogP contribution in [0.15, 0.2) is 4.99 Å². The highest BCUT2D eigenvalue weighted by atomic mass is 127. The van der Waals surface area contributed by atoms with Crippen molar-refractivity contribution in [3.05, 3.63) is 0 Å². The van der Waals surface area contributed by atoms with E-state index in [0.717, 1.165) is 70.7 Å². The molecule has 3 aliphatic rings. The number of nitrogens with zero attached hydrogens (tertiary/aromatic N) is 3. The van der Waals surface area contributed by atoms with Crippen molar-refractivity contribution in [2.24, 2.45) is 4.99 Å². The Morgan fingerprint density at radius 3 is 2.45 bits per heavy atom. The molecule has 3 fully saturated rings. The smallest absolute Gasteiger partial charge is 0.193 e. The number of ether oxygens (including phenoxy) is 2. The summed E-state index contributed by atoms with van der Waals surface area (Å²) in [6, 6.07) is 0.776. The standard InChI is InChI=1S/C22H42N4O2.HI/c1-23-22(24-13-16-25(2)19-8-4-3-5-9-19)26-14-11-20(12-15-26)28-18-21-10-6-7-17-27-21;/h19-21H,3-18H2,1-2H3,(H,23,24);1H. The number of hydrogen-bond donors (Lipinski definition) is 1. The van der Waals surface area contributed by atoms with Gasteiger partial charge < -0.3 is 24.6 Å². The molecule has 6 nitrogen and oxygen atoms in total. The molecule has 1 unspecified atom stereocenters. The molecule has 0 spiro atoms. The van der Waals surface area contributed by atoms with Crippen molar-refractivity contribution in [2.45, 2.75) is 82.5 Å². The predicted octanol–water partition coefficient (Wildman–Crippen LogP) is 3.49. The first-order valence-corrected chi connectivity index (χ1v) is 11.7. The minimum atomic E-state index is 0. The highest BCUT2D eigenvalue weighted by Crippen LogP contribution is 2.21. The third kappa shape index (κ3) is 8.50. The maximum Gasteiger partial charge on any atom is 0.193 e. The highest BCUT2D eigenvalue weighted by molar-refractivity contribution is 14.0. The van der Waals surface area contributed by atoms with E-state index in [-0.39, 0.29) is 24.0 Å². The van der Waals surface area contributed by atoms with E-state index in [9.17, 15) is 0 Å². The molecule has 0 amide bonds. The maximum absolute atomic E-state index is 6.15. The molecule has 1 saturated carbocycles. The van der Waals surface area contributed by atoms with Gasteiger partial charge in [-0.3, -0.25) is 4.99 Å². The molecule has 1 aliphatic carbocycles. The van der Waals surface area contributed by atoms with Crippen molar-refractivity contribution in [2.75, 3.05) is 53.5 Å². The van der Waals surface area contributed by atoms with E-state index in [0.29, 0.717) is 12.2 Å². The lowest BCUT2D eigenvalue weighted by atomic mass is 9.94. The Hall–Kier alpha value is -0.120. The summed E-state index contributed by atoms with van der Waals surface area (Å²) in [6.45, 7) is 5.78. The molecule has 0 radical (unpaired) electrons. The molecule has 2 saturated heterocycles. The van der Waals surface area contributed by atoms with Gasteiger partial charge in [-0.25, -0.2) is 0 Å². The van der Waals surface area contributed by atoms with E-state index >= 15 is 0 Å². The average Bonchev–Trinajstić information content (AvgIpc) is 2.77. The third-order valence-corrected chi connectivity index (χ3v) is 6.69. The minimum Gasteiger partial charge on any atom is -0.376 e. The minimum absolute atomic E-state index is 0. The molecular formula is C22H43IN4O2. The van der Waals surface area contributed by atoms with E-state index in [1.54, 1.807) is 0 Å². The van der Waals surface area contributed by atoms with Crippen molar-refractivity contribution >= 4 is 29.9 Å². The summed E-state index contributed by atoms with van der Waals surface area (Å²) in [7, 11) is 4.18. The van der Waals surface area contributed by atoms with Crippen LogP contribution in [-0.4, -0.2) is 87.5 Å². The molecule has 29 heavy (non-hydrogen) atoms. The lowest BCUT2D eigenvalue weighted by molar-refractivity contribution is -0.0721. The van der Waals surface area contributed by atoms with E-state index < -0.39 is 0 Å². The zero-order valence-corrected chi connectivity index (χ0v) is 20.9. The number of likely N-dealkylation sites (tertiary alicyclic amines) is 1. The van der Waals surface area contributed by atoms with Crippen LogP contribution >= 0.6 is 24.0 Å². The molecule has 3 rings (SSSR count). The van der Waals surface area contributed by atoms with Crippen molar-refractivity contribution in [1.29, 1.82) is 0 Å². The van der Waals surface area contributed by atoms with Gasteiger partial charge in [-0.15, -0.1) is 24.0 Å². The van der Waals surface area contributed by atoms with Crippen LogP contribution in [-0.2, 0) is 9.47 Å². The summed E-state index contributed by atoms with van der Waals surface area (Å²) in [5, 5.41) is 3.58. The number of aliphatic imine (C=N–C) groups is 1. The Kier molecular flexibility index (Phi) is 12.2. The van der Waals surface area contributed by atoms with Crippen LogP contribution in [0.25, 0.3) is 0 Å². The van der Waals surface area contributed by atoms with Gasteiger partial charge in [0.2, 0.25) is 0 Å². The van der Waals surface area contributed by atoms with Crippen molar-refractivity contribution < 1.29 is 9.47 Å². The molecule has 2 heterocycles. The van der Waals surface area contributed by atoms with Crippen LogP contribution < -0.4 is 5.32 Å². The molecule has 7 heteroatoms. The Morgan fingerprint density at radius 1 is 1.07 bits per heavy atom. The topological polar surface area (TPSA) is 49.3 Å². The van der Waals surface area contributed by atoms with Gasteiger partial charge in [0.25, 0.3) is 0 Å². The number of likely N-dealkylation sites (N-methyl/N-ethyl adjacent to an activating group) is 1. The van der Waals surface area contributed by atoms with Gasteiger partial charge in [0, 0.05) is 45.9 Å². The number of guanidine groups is 1. The number of nitrogens with one attached hydrogen (secondary N) is 1. The summed E-state index contributed by atoms with van der Waals surface area (Å²) in [5.41, 5.74) is 0. The lowest BCUT2D eigenvalue weighted by Gasteiger charge is -2.35. The highest BCUT2D eigenvalue weighted by Gasteiger charge is 2.24. The zero-order chi connectivity index (χ0) is 19.6. The first-order chi connectivity index (χ1) is 13.8. The lowest BCUT2D eigenvalue weighted by Crippen LogP contribution is -2.49. The van der Waals surface area contributed by atoms with Crippen molar-refractivity contribution in [1.82, 2.24) is 15.1 Å². The van der Waals surface area contributed by atoms with Crippen molar-refractivity contribution in [3.8, 4) is 0 Å². The fourth-order valence-electron chi connectivity index (χ4n) is 4.80. The number of halogens is 1. The first kappa shape index (κ1) is 25.1. The SMILES string of the molecule is CN=C(NCCN(C)C1CCCCC1)N1CCC(OCC2CCCCO2)CC1.I. The second-order valence-corrected chi connectivity index (χ2v) is 8.75. The van der Waals surface area contributed by atoms with Gasteiger partial charge >= 0.3 is 0 Å². The Labute approximate surface area is 195 Å². The predicted molar refractivity (Wildman–Crippen MR) is 130 cm³/mol.